The molecule has 1 radical (unpaired) electrons. The van der Waals surface area contributed by atoms with Crippen LogP contribution < -0.4 is 5.32 Å². The minimum Gasteiger partial charge on any atom is -0.374 e. The summed E-state index contributed by atoms with van der Waals surface area (Å²) in [6.07, 6.45) is 4.16. The highest BCUT2D eigenvalue weighted by Gasteiger charge is 2.21. The average Bonchev–Trinajstić information content (AvgIpc) is 2.31. The van der Waals surface area contributed by atoms with Crippen LogP contribution in [0.3, 0.4) is 0 Å². The van der Waals surface area contributed by atoms with Gasteiger partial charge in [0.15, 0.2) is 0 Å². The fraction of sp³-hybridized carbons (Fsp3) is 0.917. The Morgan fingerprint density at radius 2 is 2.13 bits per heavy atom. The summed E-state index contributed by atoms with van der Waals surface area (Å²) in [7, 11) is 0. The van der Waals surface area contributed by atoms with Crippen LogP contribution in [0.4, 0.5) is 0 Å². The van der Waals surface area contributed by atoms with Crippen molar-refractivity contribution < 1.29 is 4.74 Å². The lowest BCUT2D eigenvalue weighted by molar-refractivity contribution is -0.000560. The zero-order valence-corrected chi connectivity index (χ0v) is 9.58. The van der Waals surface area contributed by atoms with Crippen molar-refractivity contribution in [3.63, 3.8) is 0 Å². The van der Waals surface area contributed by atoms with Crippen molar-refractivity contribution in [2.45, 2.75) is 25.4 Å². The summed E-state index contributed by atoms with van der Waals surface area (Å²) < 4.78 is 5.72. The average molecular weight is 211 g/mol. The monoisotopic (exact) mass is 211 g/mol. The molecule has 0 aliphatic carbocycles. The maximum Gasteiger partial charge on any atom is 0.0826 e. The minimum atomic E-state index is 0.412. The van der Waals surface area contributed by atoms with Crippen LogP contribution in [-0.4, -0.2) is 50.3 Å². The highest BCUT2D eigenvalue weighted by atomic mass is 16.5. The molecule has 0 bridgehead atoms. The molecule has 2 heterocycles. The summed E-state index contributed by atoms with van der Waals surface area (Å²) in [5, 5.41) is 3.38. The molecule has 2 aliphatic heterocycles. The molecule has 0 aromatic heterocycles. The number of nitrogens with zero attached hydrogens (tertiary/aromatic N) is 1. The van der Waals surface area contributed by atoms with Gasteiger partial charge in [0, 0.05) is 19.6 Å². The molecule has 3 nitrogen and oxygen atoms in total. The van der Waals surface area contributed by atoms with Crippen molar-refractivity contribution >= 4 is 0 Å². The topological polar surface area (TPSA) is 24.5 Å². The second kappa shape index (κ2) is 5.83. The Morgan fingerprint density at radius 1 is 1.33 bits per heavy atom. The Bertz CT molecular complexity index is 172. The van der Waals surface area contributed by atoms with Gasteiger partial charge in [-0.05, 0) is 31.8 Å². The van der Waals surface area contributed by atoms with Gasteiger partial charge < -0.3 is 15.0 Å². The molecule has 2 fully saturated rings. The van der Waals surface area contributed by atoms with Gasteiger partial charge in [-0.1, -0.05) is 13.3 Å². The second-order valence-corrected chi connectivity index (χ2v) is 4.73. The molecular formula is C12H23N2O. The van der Waals surface area contributed by atoms with Crippen LogP contribution in [0.25, 0.3) is 0 Å². The van der Waals surface area contributed by atoms with Crippen LogP contribution in [-0.2, 0) is 4.74 Å². The molecule has 0 amide bonds. The van der Waals surface area contributed by atoms with E-state index >= 15 is 0 Å². The summed E-state index contributed by atoms with van der Waals surface area (Å²) >= 11 is 0. The number of piperidine rings is 1. The molecule has 1 atom stereocenters. The number of hydrogen-bond acceptors (Lipinski definition) is 3. The van der Waals surface area contributed by atoms with Gasteiger partial charge in [-0.15, -0.1) is 0 Å². The van der Waals surface area contributed by atoms with E-state index in [0.29, 0.717) is 6.10 Å². The van der Waals surface area contributed by atoms with Crippen molar-refractivity contribution in [2.75, 3.05) is 39.3 Å². The first-order valence-electron chi connectivity index (χ1n) is 6.22. The van der Waals surface area contributed by atoms with E-state index < -0.39 is 0 Å². The molecule has 15 heavy (non-hydrogen) atoms. The molecule has 87 valence electrons. The summed E-state index contributed by atoms with van der Waals surface area (Å²) in [6.45, 7) is 10.5. The van der Waals surface area contributed by atoms with Crippen molar-refractivity contribution in [1.82, 2.24) is 10.2 Å². The molecule has 2 saturated heterocycles. The molecule has 2 rings (SSSR count). The van der Waals surface area contributed by atoms with E-state index in [9.17, 15) is 0 Å². The SMILES string of the molecule is [CH2]CC1CCN(CC2CNCCO2)CC1. The summed E-state index contributed by atoms with van der Waals surface area (Å²) in [5.41, 5.74) is 0. The number of hydrogen-bond donors (Lipinski definition) is 1. The molecule has 0 spiro atoms. The van der Waals surface area contributed by atoms with Gasteiger partial charge in [-0.2, -0.15) is 0 Å². The van der Waals surface area contributed by atoms with Crippen molar-refractivity contribution in [3.05, 3.63) is 6.92 Å². The third kappa shape index (κ3) is 3.44. The van der Waals surface area contributed by atoms with Crippen molar-refractivity contribution in [1.29, 1.82) is 0 Å². The predicted molar refractivity (Wildman–Crippen MR) is 61.7 cm³/mol. The normalized spacial score (nSPS) is 30.6. The van der Waals surface area contributed by atoms with Crippen LogP contribution in [0.1, 0.15) is 19.3 Å². The number of nitrogens with one attached hydrogen (secondary N) is 1. The van der Waals surface area contributed by atoms with Gasteiger partial charge in [-0.3, -0.25) is 0 Å². The Morgan fingerprint density at radius 3 is 2.73 bits per heavy atom. The van der Waals surface area contributed by atoms with Gasteiger partial charge in [0.2, 0.25) is 0 Å². The maximum absolute atomic E-state index is 5.72. The lowest BCUT2D eigenvalue weighted by Crippen LogP contribution is -2.47. The third-order valence-corrected chi connectivity index (χ3v) is 3.58. The Balaban J connectivity index is 1.67. The maximum atomic E-state index is 5.72. The molecule has 1 unspecified atom stereocenters. The molecule has 0 aromatic rings. The van der Waals surface area contributed by atoms with Crippen LogP contribution in [0, 0.1) is 12.8 Å². The Labute approximate surface area is 93.2 Å². The zero-order valence-electron chi connectivity index (χ0n) is 9.58. The van der Waals surface area contributed by atoms with Crippen LogP contribution >= 0.6 is 0 Å². The minimum absolute atomic E-state index is 0.412. The number of ether oxygens (including phenoxy) is 1. The number of rotatable bonds is 3. The lowest BCUT2D eigenvalue weighted by Gasteiger charge is -2.35. The summed E-state index contributed by atoms with van der Waals surface area (Å²) in [5.74, 6) is 0.867. The number of likely N-dealkylation sites (tertiary alicyclic amines) is 1. The van der Waals surface area contributed by atoms with E-state index in [-0.39, 0.29) is 0 Å². The van der Waals surface area contributed by atoms with Gasteiger partial charge in [0.25, 0.3) is 0 Å². The first kappa shape index (κ1) is 11.4. The fourth-order valence-corrected chi connectivity index (χ4v) is 2.48. The van der Waals surface area contributed by atoms with E-state index in [4.69, 9.17) is 4.74 Å². The zero-order chi connectivity index (χ0) is 10.5. The fourth-order valence-electron chi connectivity index (χ4n) is 2.48. The Hall–Kier alpha value is -0.120. The molecule has 0 aromatic carbocycles. The first-order chi connectivity index (χ1) is 7.38. The highest BCUT2D eigenvalue weighted by Crippen LogP contribution is 2.20. The summed E-state index contributed by atoms with van der Waals surface area (Å²) in [4.78, 5) is 2.55. The van der Waals surface area contributed by atoms with E-state index in [0.717, 1.165) is 38.6 Å². The van der Waals surface area contributed by atoms with Crippen LogP contribution in [0.15, 0.2) is 0 Å². The smallest absolute Gasteiger partial charge is 0.0826 e. The molecular weight excluding hydrogens is 188 g/mol. The quantitative estimate of drug-likeness (QED) is 0.751. The summed E-state index contributed by atoms with van der Waals surface area (Å²) in [6, 6.07) is 0. The highest BCUT2D eigenvalue weighted by molar-refractivity contribution is 4.77. The van der Waals surface area contributed by atoms with Crippen molar-refractivity contribution in [3.8, 4) is 0 Å². The van der Waals surface area contributed by atoms with Gasteiger partial charge in [0.05, 0.1) is 12.7 Å². The van der Waals surface area contributed by atoms with Crippen LogP contribution in [0.5, 0.6) is 0 Å². The Kier molecular flexibility index (Phi) is 4.42. The molecule has 0 saturated carbocycles. The molecule has 2 aliphatic rings. The van der Waals surface area contributed by atoms with E-state index in [1.54, 1.807) is 0 Å². The largest absolute Gasteiger partial charge is 0.374 e. The van der Waals surface area contributed by atoms with Crippen molar-refractivity contribution in [2.24, 2.45) is 5.92 Å². The first-order valence-corrected chi connectivity index (χ1v) is 6.22. The van der Waals surface area contributed by atoms with Gasteiger partial charge >= 0.3 is 0 Å². The third-order valence-electron chi connectivity index (χ3n) is 3.58. The van der Waals surface area contributed by atoms with Gasteiger partial charge in [-0.25, -0.2) is 0 Å². The molecule has 1 N–H and O–H groups in total. The lowest BCUT2D eigenvalue weighted by atomic mass is 9.94. The molecule has 3 heteroatoms. The van der Waals surface area contributed by atoms with Crippen LogP contribution in [0.2, 0.25) is 0 Å². The second-order valence-electron chi connectivity index (χ2n) is 4.73. The van der Waals surface area contributed by atoms with E-state index in [2.05, 4.69) is 17.1 Å². The predicted octanol–water partition coefficient (Wildman–Crippen LogP) is 0.911. The number of morpholine rings is 1. The van der Waals surface area contributed by atoms with Gasteiger partial charge in [0.1, 0.15) is 0 Å². The standard InChI is InChI=1S/C12H23N2O/c1-2-11-3-6-14(7-4-11)10-12-9-13-5-8-15-12/h11-13H,1-10H2. The van der Waals surface area contributed by atoms with E-state index in [1.807, 2.05) is 0 Å². The van der Waals surface area contributed by atoms with E-state index in [1.165, 1.54) is 25.9 Å².